The molecule has 1 aliphatic heterocycles. The summed E-state index contributed by atoms with van der Waals surface area (Å²) in [6, 6.07) is 11.7. The van der Waals surface area contributed by atoms with Crippen molar-refractivity contribution in [2.45, 2.75) is 19.4 Å². The number of hydrogen-bond donors (Lipinski definition) is 1. The van der Waals surface area contributed by atoms with Crippen LogP contribution in [0, 0.1) is 0 Å². The molecule has 0 spiro atoms. The Kier molecular flexibility index (Phi) is 5.03. The van der Waals surface area contributed by atoms with E-state index in [2.05, 4.69) is 10.1 Å². The highest BCUT2D eigenvalue weighted by Gasteiger charge is 2.33. The predicted octanol–water partition coefficient (Wildman–Crippen LogP) is 4.00. The van der Waals surface area contributed by atoms with Crippen LogP contribution in [0.4, 0.5) is 13.2 Å². The van der Waals surface area contributed by atoms with Gasteiger partial charge in [-0.15, -0.1) is 13.2 Å². The first-order chi connectivity index (χ1) is 11.9. The van der Waals surface area contributed by atoms with Gasteiger partial charge in [-0.25, -0.2) is 0 Å². The van der Waals surface area contributed by atoms with Crippen molar-refractivity contribution in [3.05, 3.63) is 42.5 Å². The van der Waals surface area contributed by atoms with Gasteiger partial charge in [0.1, 0.15) is 11.9 Å². The fourth-order valence-corrected chi connectivity index (χ4v) is 2.45. The van der Waals surface area contributed by atoms with Gasteiger partial charge in [0.15, 0.2) is 11.5 Å². The van der Waals surface area contributed by atoms with Crippen molar-refractivity contribution < 1.29 is 27.4 Å². The zero-order valence-electron chi connectivity index (χ0n) is 13.6. The van der Waals surface area contributed by atoms with Gasteiger partial charge in [-0.1, -0.05) is 18.2 Å². The summed E-state index contributed by atoms with van der Waals surface area (Å²) in [6.45, 7) is 3.57. The Labute approximate surface area is 143 Å². The Balaban J connectivity index is 1.91. The van der Waals surface area contributed by atoms with Crippen LogP contribution in [0.1, 0.15) is 6.92 Å². The Morgan fingerprint density at radius 2 is 1.80 bits per heavy atom. The largest absolute Gasteiger partial charge is 0.573 e. The Morgan fingerprint density at radius 1 is 1.04 bits per heavy atom. The summed E-state index contributed by atoms with van der Waals surface area (Å²) in [4.78, 5) is 0. The summed E-state index contributed by atoms with van der Waals surface area (Å²) in [5.74, 6) is 0.381. The molecule has 0 amide bonds. The smallest absolute Gasteiger partial charge is 0.494 e. The van der Waals surface area contributed by atoms with Gasteiger partial charge < -0.3 is 19.5 Å². The first-order valence-electron chi connectivity index (χ1n) is 7.95. The van der Waals surface area contributed by atoms with E-state index < -0.39 is 6.36 Å². The number of halogens is 3. The average Bonchev–Trinajstić information content (AvgIpc) is 2.51. The summed E-state index contributed by atoms with van der Waals surface area (Å²) in [5.41, 5.74) is 1.31. The Morgan fingerprint density at radius 3 is 2.44 bits per heavy atom. The van der Waals surface area contributed by atoms with Crippen LogP contribution in [0.25, 0.3) is 11.1 Å². The van der Waals surface area contributed by atoms with Crippen molar-refractivity contribution in [1.82, 2.24) is 5.32 Å². The van der Waals surface area contributed by atoms with E-state index >= 15 is 0 Å². The topological polar surface area (TPSA) is 39.7 Å². The van der Waals surface area contributed by atoms with Gasteiger partial charge in [0, 0.05) is 13.1 Å². The number of rotatable bonds is 6. The highest BCUT2D eigenvalue weighted by molar-refractivity contribution is 5.68. The maximum Gasteiger partial charge on any atom is 0.573 e. The van der Waals surface area contributed by atoms with Gasteiger partial charge in [-0.3, -0.25) is 0 Å². The average molecular weight is 353 g/mol. The van der Waals surface area contributed by atoms with Crippen LogP contribution in [0.3, 0.4) is 0 Å². The van der Waals surface area contributed by atoms with Crippen LogP contribution in [0.5, 0.6) is 17.2 Å². The van der Waals surface area contributed by atoms with E-state index in [9.17, 15) is 13.2 Å². The zero-order valence-corrected chi connectivity index (χ0v) is 13.6. The first kappa shape index (κ1) is 17.4. The molecule has 0 bridgehead atoms. The lowest BCUT2D eigenvalue weighted by Gasteiger charge is -2.28. The first-order valence-corrected chi connectivity index (χ1v) is 7.95. The van der Waals surface area contributed by atoms with Crippen molar-refractivity contribution in [2.75, 3.05) is 19.7 Å². The van der Waals surface area contributed by atoms with E-state index in [4.69, 9.17) is 9.47 Å². The molecule has 134 valence electrons. The van der Waals surface area contributed by atoms with Crippen molar-refractivity contribution in [3.63, 3.8) is 0 Å². The molecule has 0 unspecified atom stereocenters. The molecule has 2 aromatic carbocycles. The van der Waals surface area contributed by atoms with Crippen LogP contribution >= 0.6 is 0 Å². The van der Waals surface area contributed by atoms with Gasteiger partial charge in [0.2, 0.25) is 0 Å². The fraction of sp³-hybridized carbons (Fsp3) is 0.333. The molecular weight excluding hydrogens is 335 g/mol. The molecule has 0 atom stereocenters. The quantitative estimate of drug-likeness (QED) is 0.852. The van der Waals surface area contributed by atoms with Crippen LogP contribution in [0.2, 0.25) is 0 Å². The minimum atomic E-state index is -4.79. The van der Waals surface area contributed by atoms with Crippen molar-refractivity contribution in [1.29, 1.82) is 0 Å². The second kappa shape index (κ2) is 7.23. The van der Waals surface area contributed by atoms with Crippen molar-refractivity contribution in [3.8, 4) is 28.4 Å². The lowest BCUT2D eigenvalue weighted by Crippen LogP contribution is -2.50. The summed E-state index contributed by atoms with van der Waals surface area (Å²) in [5, 5.41) is 3.00. The molecule has 0 radical (unpaired) electrons. The molecule has 25 heavy (non-hydrogen) atoms. The minimum Gasteiger partial charge on any atom is -0.494 e. The second-order valence-electron chi connectivity index (χ2n) is 5.57. The van der Waals surface area contributed by atoms with Crippen LogP contribution in [-0.4, -0.2) is 32.2 Å². The normalized spacial score (nSPS) is 14.7. The summed E-state index contributed by atoms with van der Waals surface area (Å²) in [6.07, 6.45) is -4.94. The monoisotopic (exact) mass is 353 g/mol. The number of benzene rings is 2. The van der Waals surface area contributed by atoms with Crippen LogP contribution in [-0.2, 0) is 0 Å². The Bertz CT molecular complexity index is 730. The maximum absolute atomic E-state index is 12.7. The lowest BCUT2D eigenvalue weighted by molar-refractivity contribution is -0.275. The molecule has 0 aliphatic carbocycles. The Hall–Kier alpha value is -2.41. The fourth-order valence-electron chi connectivity index (χ4n) is 2.45. The van der Waals surface area contributed by atoms with Crippen molar-refractivity contribution in [2.24, 2.45) is 0 Å². The van der Waals surface area contributed by atoms with Crippen molar-refractivity contribution >= 4 is 0 Å². The highest BCUT2D eigenvalue weighted by Crippen LogP contribution is 2.37. The van der Waals surface area contributed by atoms with Gasteiger partial charge in [0.05, 0.1) is 6.61 Å². The number of hydrogen-bond acceptors (Lipinski definition) is 4. The van der Waals surface area contributed by atoms with E-state index in [1.54, 1.807) is 30.3 Å². The van der Waals surface area contributed by atoms with Gasteiger partial charge >= 0.3 is 6.36 Å². The summed E-state index contributed by atoms with van der Waals surface area (Å²) < 4.78 is 53.4. The molecule has 0 aromatic heterocycles. The van der Waals surface area contributed by atoms with Crippen LogP contribution < -0.4 is 19.5 Å². The molecule has 1 aliphatic rings. The lowest BCUT2D eigenvalue weighted by atomic mass is 10.0. The molecule has 1 heterocycles. The molecule has 0 saturated carbocycles. The maximum atomic E-state index is 12.7. The molecule has 2 aromatic rings. The zero-order chi connectivity index (χ0) is 17.9. The standard InChI is InChI=1S/C18H18F3NO3/c1-2-23-14-5-3-4-12(8-14)13-6-7-16(24-15-10-22-11-15)17(9-13)25-18(19,20)21/h3-9,15,22H,2,10-11H2,1H3. The predicted molar refractivity (Wildman–Crippen MR) is 87.0 cm³/mol. The summed E-state index contributed by atoms with van der Waals surface area (Å²) >= 11 is 0. The molecule has 4 nitrogen and oxygen atoms in total. The third kappa shape index (κ3) is 4.57. The van der Waals surface area contributed by atoms with E-state index in [-0.39, 0.29) is 17.6 Å². The van der Waals surface area contributed by atoms with E-state index in [0.717, 1.165) is 5.56 Å². The third-order valence-electron chi connectivity index (χ3n) is 3.69. The number of nitrogens with one attached hydrogen (secondary N) is 1. The SMILES string of the molecule is CCOc1cccc(-c2ccc(OC3CNC3)c(OC(F)(F)F)c2)c1. The molecule has 3 rings (SSSR count). The van der Waals surface area contributed by atoms with E-state index in [1.165, 1.54) is 12.1 Å². The number of ether oxygens (including phenoxy) is 3. The number of alkyl halides is 3. The van der Waals surface area contributed by atoms with Gasteiger partial charge in [0.25, 0.3) is 0 Å². The van der Waals surface area contributed by atoms with Gasteiger partial charge in [-0.05, 0) is 42.3 Å². The molecule has 1 saturated heterocycles. The molecule has 1 fully saturated rings. The van der Waals surface area contributed by atoms with Crippen LogP contribution in [0.15, 0.2) is 42.5 Å². The van der Waals surface area contributed by atoms with E-state index in [1.807, 2.05) is 6.92 Å². The molecule has 7 heteroatoms. The molecule has 1 N–H and O–H groups in total. The van der Waals surface area contributed by atoms with E-state index in [0.29, 0.717) is 31.0 Å². The minimum absolute atomic E-state index is 0.0773. The molecular formula is C18H18F3NO3. The highest BCUT2D eigenvalue weighted by atomic mass is 19.4. The summed E-state index contributed by atoms with van der Waals surface area (Å²) in [7, 11) is 0. The van der Waals surface area contributed by atoms with Gasteiger partial charge in [-0.2, -0.15) is 0 Å². The second-order valence-corrected chi connectivity index (χ2v) is 5.57. The third-order valence-corrected chi connectivity index (χ3v) is 3.69.